The lowest BCUT2D eigenvalue weighted by Gasteiger charge is -2.11. The number of carboxylic acid groups (broad SMARTS) is 5. The van der Waals surface area contributed by atoms with Gasteiger partial charge < -0.3 is 75.5 Å². The number of thioether (sulfide) groups is 1. The number of aliphatic hydroxyl groups is 1. The summed E-state index contributed by atoms with van der Waals surface area (Å²) in [6.45, 7) is 11.8. The number of hydrogen-bond donors (Lipinski definition) is 13. The van der Waals surface area contributed by atoms with E-state index in [0.29, 0.717) is 18.8 Å². The van der Waals surface area contributed by atoms with Crippen LogP contribution in [0, 0.1) is 17.8 Å². The van der Waals surface area contributed by atoms with Crippen molar-refractivity contribution in [3.05, 3.63) is 0 Å². The molecule has 310 valence electrons. The number of aliphatic carboxylic acids is 5. The highest BCUT2D eigenvalue weighted by molar-refractivity contribution is 7.98. The van der Waals surface area contributed by atoms with Gasteiger partial charge in [0.2, 0.25) is 0 Å². The van der Waals surface area contributed by atoms with E-state index in [1.54, 1.807) is 25.6 Å². The molecule has 0 aromatic heterocycles. The van der Waals surface area contributed by atoms with Crippen LogP contribution < -0.4 is 40.1 Å². The number of carbonyl (C=O) groups excluding carboxylic acids is 2. The Morgan fingerprint density at radius 3 is 1.21 bits per heavy atom. The van der Waals surface area contributed by atoms with Gasteiger partial charge in [0.1, 0.15) is 36.3 Å². The first kappa shape index (κ1) is 60.6. The molecule has 21 nitrogen and oxygen atoms in total. The summed E-state index contributed by atoms with van der Waals surface area (Å²) in [5, 5.41) is 48.7. The highest BCUT2D eigenvalue weighted by Gasteiger charge is 2.18. The summed E-state index contributed by atoms with van der Waals surface area (Å²) in [4.78, 5) is 71.1. The summed E-state index contributed by atoms with van der Waals surface area (Å²) >= 11 is 1.57. The lowest BCUT2D eigenvalue weighted by atomic mass is 10.0. The van der Waals surface area contributed by atoms with Gasteiger partial charge in [0.05, 0.1) is 13.2 Å². The van der Waals surface area contributed by atoms with Gasteiger partial charge in [0.25, 0.3) is 0 Å². The normalized spacial score (nSPS) is 13.9. The predicted molar refractivity (Wildman–Crippen MR) is 196 cm³/mol. The maximum Gasteiger partial charge on any atom is 0.330 e. The third-order valence-corrected chi connectivity index (χ3v) is 6.45. The Kier molecular flexibility index (Phi) is 43.5. The van der Waals surface area contributed by atoms with Gasteiger partial charge in [-0.25, -0.2) is 4.79 Å². The van der Waals surface area contributed by atoms with Gasteiger partial charge in [-0.15, -0.1) is 0 Å². The van der Waals surface area contributed by atoms with Crippen molar-refractivity contribution < 1.29 is 68.9 Å². The molecule has 0 saturated carbocycles. The molecule has 7 atom stereocenters. The van der Waals surface area contributed by atoms with Crippen molar-refractivity contribution in [3.63, 3.8) is 0 Å². The van der Waals surface area contributed by atoms with Gasteiger partial charge in [0, 0.05) is 0 Å². The molecule has 0 unspecified atom stereocenters. The molecule has 0 amide bonds. The first-order chi connectivity index (χ1) is 23.6. The van der Waals surface area contributed by atoms with Crippen LogP contribution in [0.25, 0.3) is 0 Å². The molecule has 0 aromatic carbocycles. The van der Waals surface area contributed by atoms with Gasteiger partial charge in [-0.1, -0.05) is 48.0 Å². The maximum absolute atomic E-state index is 11.0. The maximum atomic E-state index is 11.0. The van der Waals surface area contributed by atoms with Crippen molar-refractivity contribution in [1.29, 1.82) is 0 Å². The van der Waals surface area contributed by atoms with E-state index in [1.165, 1.54) is 6.92 Å². The number of carbonyl (C=O) groups is 7. The molecule has 0 radical (unpaired) electrons. The Balaban J connectivity index is -0.000000124. The van der Waals surface area contributed by atoms with Crippen molar-refractivity contribution in [2.45, 2.75) is 104 Å². The molecule has 0 bridgehead atoms. The number of carboxylic acids is 5. The van der Waals surface area contributed by atoms with E-state index in [0.717, 1.165) is 12.2 Å². The van der Waals surface area contributed by atoms with E-state index < -0.39 is 84.6 Å². The van der Waals surface area contributed by atoms with Crippen molar-refractivity contribution in [2.75, 3.05) is 25.2 Å². The van der Waals surface area contributed by atoms with E-state index in [2.05, 4.69) is 4.74 Å². The summed E-state index contributed by atoms with van der Waals surface area (Å²) in [6.07, 6.45) is 3.77. The topological polar surface area (TPSA) is 432 Å². The molecule has 0 aliphatic heterocycles. The van der Waals surface area contributed by atoms with Crippen LogP contribution in [0.4, 0.5) is 0 Å². The summed E-state index contributed by atoms with van der Waals surface area (Å²) in [5.41, 5.74) is 35.6. The molecular formula is C30H65N7O14S. The number of hydrogen-bond acceptors (Lipinski definition) is 17. The summed E-state index contributed by atoms with van der Waals surface area (Å²) in [7, 11) is 0. The van der Waals surface area contributed by atoms with Gasteiger partial charge in [-0.3, -0.25) is 28.8 Å². The largest absolute Gasteiger partial charge is 0.480 e. The first-order valence-corrected chi connectivity index (χ1v) is 17.2. The van der Waals surface area contributed by atoms with Gasteiger partial charge in [-0.05, 0) is 49.5 Å². The number of aliphatic hydroxyl groups excluding tert-OH is 1. The second-order valence-electron chi connectivity index (χ2n) is 11.6. The third-order valence-electron chi connectivity index (χ3n) is 5.81. The lowest BCUT2D eigenvalue weighted by molar-refractivity contribution is -0.159. The van der Waals surface area contributed by atoms with Crippen LogP contribution in [0.2, 0.25) is 0 Å². The van der Waals surface area contributed by atoms with Crippen molar-refractivity contribution in [2.24, 2.45) is 57.9 Å². The molecule has 0 fully saturated rings. The minimum absolute atomic E-state index is 0.0208. The second kappa shape index (κ2) is 37.3. The molecule has 0 aromatic rings. The number of ether oxygens (including phenoxy) is 1. The Morgan fingerprint density at radius 2 is 1.06 bits per heavy atom. The van der Waals surface area contributed by atoms with Crippen LogP contribution in [0.5, 0.6) is 0 Å². The Morgan fingerprint density at radius 1 is 0.654 bits per heavy atom. The molecule has 0 aliphatic carbocycles. The fourth-order valence-corrected chi connectivity index (χ4v) is 2.55. The Labute approximate surface area is 309 Å². The zero-order valence-electron chi connectivity index (χ0n) is 31.3. The number of esters is 2. The third kappa shape index (κ3) is 44.5. The highest BCUT2D eigenvalue weighted by Crippen LogP contribution is 2.04. The molecule has 22 heteroatoms. The average molecular weight is 780 g/mol. The second-order valence-corrected chi connectivity index (χ2v) is 12.6. The first-order valence-electron chi connectivity index (χ1n) is 15.8. The van der Waals surface area contributed by atoms with Crippen LogP contribution >= 0.6 is 11.8 Å². The standard InChI is InChI=1S/C7H14N2O3S.2C6H13NO2.C5H11NO2.C3H7NO3.C3H7NO2/c1-13-3-2-5(9)7(11)12-6(10)4-8;1-4(2)3-5(7)6(8)9;1-3-4(2)5(7)6(8)9;1-3(2)4(6)5(7)8;4-2(1-5)3(6)7;1-2(4)3(5)6/h5H,2-4,8-9H2,1H3;2*4-5H,3,7H2,1-2H3,(H,8,9);3-4H,6H2,1-2H3,(H,7,8);2,5H,1,4H2,(H,6,7);2H,4H2,1H3,(H,5,6)/t2*5-;4-,5-;4-;2*2-/m000000/s1. The predicted octanol–water partition coefficient (Wildman–Crippen LogP) is -2.15. The molecule has 0 rings (SSSR count). The molecular weight excluding hydrogens is 714 g/mol. The van der Waals surface area contributed by atoms with Crippen molar-refractivity contribution in [1.82, 2.24) is 0 Å². The fourth-order valence-electron chi connectivity index (χ4n) is 2.06. The van der Waals surface area contributed by atoms with Crippen LogP contribution in [-0.4, -0.2) is 134 Å². The smallest absolute Gasteiger partial charge is 0.330 e. The molecule has 0 spiro atoms. The fraction of sp³-hybridized carbons (Fsp3) is 0.767. The number of nitrogens with two attached hydrogens (primary N) is 7. The number of rotatable bonds is 16. The van der Waals surface area contributed by atoms with Crippen LogP contribution in [0.15, 0.2) is 0 Å². The highest BCUT2D eigenvalue weighted by atomic mass is 32.2. The van der Waals surface area contributed by atoms with Crippen LogP contribution in [0.3, 0.4) is 0 Å². The molecule has 0 aliphatic rings. The van der Waals surface area contributed by atoms with Crippen LogP contribution in [-0.2, 0) is 38.3 Å². The minimum Gasteiger partial charge on any atom is -0.480 e. The SMILES string of the molecule is CC(C)C[C@H](N)C(=O)O.CC(C)[C@H](N)C(=O)O.CC[C@H](C)[C@H](N)C(=O)O.CSCC[C@H](N)C(=O)OC(=O)CN.C[C@H](N)C(=O)O.N[C@@H](CO)C(=O)O. The quantitative estimate of drug-likeness (QED) is 0.0586. The van der Waals surface area contributed by atoms with Crippen LogP contribution in [0.1, 0.15) is 67.7 Å². The summed E-state index contributed by atoms with van der Waals surface area (Å²) in [6, 6.07) is -4.69. The Bertz CT molecular complexity index is 1010. The van der Waals surface area contributed by atoms with E-state index in [-0.39, 0.29) is 18.4 Å². The summed E-state index contributed by atoms with van der Waals surface area (Å²) < 4.78 is 4.32. The molecule has 0 heterocycles. The molecule has 20 N–H and O–H groups in total. The van der Waals surface area contributed by atoms with E-state index in [9.17, 15) is 33.6 Å². The lowest BCUT2D eigenvalue weighted by Crippen LogP contribution is -2.36. The van der Waals surface area contributed by atoms with E-state index in [4.69, 9.17) is 70.8 Å². The molecule has 0 saturated heterocycles. The monoisotopic (exact) mass is 779 g/mol. The van der Waals surface area contributed by atoms with Gasteiger partial charge in [0.15, 0.2) is 0 Å². The molecule has 52 heavy (non-hydrogen) atoms. The zero-order valence-corrected chi connectivity index (χ0v) is 32.2. The van der Waals surface area contributed by atoms with Crippen molar-refractivity contribution in [3.8, 4) is 0 Å². The van der Waals surface area contributed by atoms with E-state index in [1.807, 2.05) is 34.0 Å². The van der Waals surface area contributed by atoms with Gasteiger partial charge in [-0.2, -0.15) is 11.8 Å². The Hall–Kier alpha value is -3.48. The average Bonchev–Trinajstić information content (AvgIpc) is 3.06. The summed E-state index contributed by atoms with van der Waals surface area (Å²) in [5.74, 6) is -5.14. The van der Waals surface area contributed by atoms with Gasteiger partial charge >= 0.3 is 41.8 Å². The zero-order chi connectivity index (χ0) is 42.9. The minimum atomic E-state index is -1.18. The van der Waals surface area contributed by atoms with E-state index >= 15 is 0 Å². The van der Waals surface area contributed by atoms with Crippen molar-refractivity contribution >= 4 is 53.5 Å².